The fraction of sp³-hybridized carbons (Fsp3) is 0.600. The highest BCUT2D eigenvalue weighted by Crippen LogP contribution is 2.37. The molecule has 2 nitrogen and oxygen atoms in total. The minimum atomic E-state index is -4.21. The monoisotopic (exact) mass is 320 g/mol. The van der Waals surface area contributed by atoms with Crippen LogP contribution in [-0.2, 0) is 6.54 Å². The fourth-order valence-electron chi connectivity index (χ4n) is 2.37. The van der Waals surface area contributed by atoms with Crippen molar-refractivity contribution >= 4 is 17.3 Å². The van der Waals surface area contributed by atoms with E-state index in [9.17, 15) is 13.2 Å². The zero-order valence-electron chi connectivity index (χ0n) is 12.0. The maximum atomic E-state index is 12.8. The molecule has 0 amide bonds. The number of nitrogens with zero attached hydrogens (tertiary/aromatic N) is 1. The van der Waals surface area contributed by atoms with Crippen molar-refractivity contribution in [3.05, 3.63) is 28.8 Å². The predicted octanol–water partition coefficient (Wildman–Crippen LogP) is 4.37. The molecular weight excluding hydrogens is 301 g/mol. The third kappa shape index (κ3) is 4.78. The lowest BCUT2D eigenvalue weighted by molar-refractivity contribution is -0.120. The van der Waals surface area contributed by atoms with E-state index < -0.39 is 12.7 Å². The van der Waals surface area contributed by atoms with Crippen molar-refractivity contribution < 1.29 is 13.2 Å². The zero-order chi connectivity index (χ0) is 15.5. The molecule has 1 aromatic rings. The topological polar surface area (TPSA) is 15.3 Å². The Morgan fingerprint density at radius 2 is 2.05 bits per heavy atom. The highest BCUT2D eigenvalue weighted by molar-refractivity contribution is 6.31. The molecule has 1 aliphatic rings. The molecule has 0 unspecified atom stereocenters. The van der Waals surface area contributed by atoms with Crippen molar-refractivity contribution in [1.82, 2.24) is 5.32 Å². The number of hydrogen-bond acceptors (Lipinski definition) is 2. The average molecular weight is 321 g/mol. The summed E-state index contributed by atoms with van der Waals surface area (Å²) in [5, 5.41) is 3.73. The number of anilines is 1. The Morgan fingerprint density at radius 3 is 2.62 bits per heavy atom. The largest absolute Gasteiger partial charge is 0.405 e. The maximum Gasteiger partial charge on any atom is 0.405 e. The zero-order valence-corrected chi connectivity index (χ0v) is 12.8. The number of halogens is 4. The van der Waals surface area contributed by atoms with E-state index in [1.54, 1.807) is 18.2 Å². The molecule has 0 bridgehead atoms. The lowest BCUT2D eigenvalue weighted by atomic mass is 10.1. The van der Waals surface area contributed by atoms with Crippen LogP contribution in [0.4, 0.5) is 18.9 Å². The van der Waals surface area contributed by atoms with Crippen molar-refractivity contribution in [3.8, 4) is 0 Å². The van der Waals surface area contributed by atoms with Gasteiger partial charge in [-0.1, -0.05) is 24.6 Å². The summed E-state index contributed by atoms with van der Waals surface area (Å²) in [6.45, 7) is 2.43. The van der Waals surface area contributed by atoms with Gasteiger partial charge in [-0.3, -0.25) is 0 Å². The fourth-order valence-corrected chi connectivity index (χ4v) is 2.61. The van der Waals surface area contributed by atoms with E-state index in [0.717, 1.165) is 31.4 Å². The van der Waals surface area contributed by atoms with Crippen molar-refractivity contribution in [2.24, 2.45) is 0 Å². The lowest BCUT2D eigenvalue weighted by Crippen LogP contribution is -2.37. The van der Waals surface area contributed by atoms with Crippen molar-refractivity contribution in [2.45, 2.75) is 44.9 Å². The number of nitrogens with one attached hydrogen (secondary N) is 1. The highest BCUT2D eigenvalue weighted by atomic mass is 35.5. The maximum absolute atomic E-state index is 12.8. The SMILES string of the molecule is CCCNCc1c(Cl)cccc1N(CC(F)(F)F)C1CC1. The number of benzene rings is 1. The first-order chi connectivity index (χ1) is 9.92. The third-order valence-corrected chi connectivity index (χ3v) is 3.82. The van der Waals surface area contributed by atoms with Gasteiger partial charge in [0.25, 0.3) is 0 Å². The summed E-state index contributed by atoms with van der Waals surface area (Å²) in [6, 6.07) is 5.16. The molecule has 1 N–H and O–H groups in total. The molecule has 1 aromatic carbocycles. The van der Waals surface area contributed by atoms with Crippen LogP contribution < -0.4 is 10.2 Å². The molecule has 0 atom stereocenters. The van der Waals surface area contributed by atoms with Crippen LogP contribution in [0.15, 0.2) is 18.2 Å². The van der Waals surface area contributed by atoms with Gasteiger partial charge in [0.1, 0.15) is 6.54 Å². The second-order valence-corrected chi connectivity index (χ2v) is 5.80. The van der Waals surface area contributed by atoms with Gasteiger partial charge in [0.2, 0.25) is 0 Å². The first-order valence-electron chi connectivity index (χ1n) is 7.24. The van der Waals surface area contributed by atoms with E-state index in [1.807, 2.05) is 6.92 Å². The van der Waals surface area contributed by atoms with Crippen LogP contribution in [0.5, 0.6) is 0 Å². The van der Waals surface area contributed by atoms with Crippen molar-refractivity contribution in [3.63, 3.8) is 0 Å². The molecule has 0 saturated heterocycles. The average Bonchev–Trinajstić information content (AvgIpc) is 3.21. The summed E-state index contributed by atoms with van der Waals surface area (Å²) in [4.78, 5) is 1.45. The van der Waals surface area contributed by atoms with Crippen LogP contribution in [0.25, 0.3) is 0 Å². The summed E-state index contributed by atoms with van der Waals surface area (Å²) < 4.78 is 38.5. The molecular formula is C15H20ClF3N2. The molecule has 118 valence electrons. The third-order valence-electron chi connectivity index (χ3n) is 3.47. The van der Waals surface area contributed by atoms with Gasteiger partial charge >= 0.3 is 6.18 Å². The minimum absolute atomic E-state index is 0.0185. The van der Waals surface area contributed by atoms with Crippen LogP contribution in [-0.4, -0.2) is 25.3 Å². The van der Waals surface area contributed by atoms with E-state index in [1.165, 1.54) is 4.90 Å². The summed E-state index contributed by atoms with van der Waals surface area (Å²) in [5.74, 6) is 0. The van der Waals surface area contributed by atoms with Gasteiger partial charge in [0.15, 0.2) is 0 Å². The standard InChI is InChI=1S/C15H20ClF3N2/c1-2-8-20-9-12-13(16)4-3-5-14(12)21(11-6-7-11)10-15(17,18)19/h3-5,11,20H,2,6-10H2,1H3. The molecule has 21 heavy (non-hydrogen) atoms. The molecule has 1 saturated carbocycles. The van der Waals surface area contributed by atoms with E-state index in [4.69, 9.17) is 11.6 Å². The Labute approximate surface area is 128 Å². The van der Waals surface area contributed by atoms with E-state index >= 15 is 0 Å². The van der Waals surface area contributed by atoms with Gasteiger partial charge in [-0.15, -0.1) is 0 Å². The molecule has 2 rings (SSSR count). The normalized spacial score (nSPS) is 15.3. The van der Waals surface area contributed by atoms with Gasteiger partial charge in [0.05, 0.1) is 0 Å². The lowest BCUT2D eigenvalue weighted by Gasteiger charge is -2.28. The number of hydrogen-bond donors (Lipinski definition) is 1. The van der Waals surface area contributed by atoms with Crippen LogP contribution in [0, 0.1) is 0 Å². The van der Waals surface area contributed by atoms with E-state index in [-0.39, 0.29) is 6.04 Å². The summed E-state index contributed by atoms with van der Waals surface area (Å²) in [6.07, 6.45) is -1.62. The van der Waals surface area contributed by atoms with Gasteiger partial charge < -0.3 is 10.2 Å². The highest BCUT2D eigenvalue weighted by Gasteiger charge is 2.39. The minimum Gasteiger partial charge on any atom is -0.359 e. The predicted molar refractivity (Wildman–Crippen MR) is 79.9 cm³/mol. The van der Waals surface area contributed by atoms with Crippen molar-refractivity contribution in [1.29, 1.82) is 0 Å². The Balaban J connectivity index is 2.24. The van der Waals surface area contributed by atoms with Crippen molar-refractivity contribution in [2.75, 3.05) is 18.0 Å². The second kappa shape index (κ2) is 6.88. The van der Waals surface area contributed by atoms with E-state index in [0.29, 0.717) is 17.3 Å². The summed E-state index contributed by atoms with van der Waals surface area (Å²) in [5.41, 5.74) is 1.36. The second-order valence-electron chi connectivity index (χ2n) is 5.39. The van der Waals surface area contributed by atoms with Crippen LogP contribution in [0.3, 0.4) is 0 Å². The molecule has 6 heteroatoms. The first kappa shape index (κ1) is 16.4. The molecule has 1 fully saturated rings. The Bertz CT molecular complexity index is 472. The van der Waals surface area contributed by atoms with Gasteiger partial charge in [-0.05, 0) is 37.9 Å². The number of alkyl halides is 3. The van der Waals surface area contributed by atoms with Gasteiger partial charge in [0, 0.05) is 28.9 Å². The van der Waals surface area contributed by atoms with Crippen LogP contribution in [0.1, 0.15) is 31.7 Å². The number of rotatable bonds is 7. The van der Waals surface area contributed by atoms with Gasteiger partial charge in [-0.25, -0.2) is 0 Å². The van der Waals surface area contributed by atoms with Crippen LogP contribution in [0.2, 0.25) is 5.02 Å². The smallest absolute Gasteiger partial charge is 0.359 e. The summed E-state index contributed by atoms with van der Waals surface area (Å²) >= 11 is 6.20. The summed E-state index contributed by atoms with van der Waals surface area (Å²) in [7, 11) is 0. The van der Waals surface area contributed by atoms with Crippen LogP contribution >= 0.6 is 11.6 Å². The Hall–Kier alpha value is -0.940. The molecule has 0 aliphatic heterocycles. The quantitative estimate of drug-likeness (QED) is 0.750. The Kier molecular flexibility index (Phi) is 5.38. The van der Waals surface area contributed by atoms with Gasteiger partial charge in [-0.2, -0.15) is 13.2 Å². The molecule has 0 radical (unpaired) electrons. The van der Waals surface area contributed by atoms with E-state index in [2.05, 4.69) is 5.32 Å². The Morgan fingerprint density at radius 1 is 1.33 bits per heavy atom. The first-order valence-corrected chi connectivity index (χ1v) is 7.61. The molecule has 0 aromatic heterocycles. The molecule has 0 heterocycles. The molecule has 1 aliphatic carbocycles. The molecule has 0 spiro atoms.